The van der Waals surface area contributed by atoms with E-state index in [9.17, 15) is 21.6 Å². The number of sulfonamides is 1. The number of alkyl halides is 3. The Morgan fingerprint density at radius 2 is 2.10 bits per heavy atom. The van der Waals surface area contributed by atoms with Crippen molar-refractivity contribution in [3.05, 3.63) is 12.3 Å². The summed E-state index contributed by atoms with van der Waals surface area (Å²) in [5, 5.41) is 15.3. The van der Waals surface area contributed by atoms with Crippen LogP contribution >= 0.6 is 0 Å². The molecule has 0 radical (unpaired) electrons. The van der Waals surface area contributed by atoms with Gasteiger partial charge in [0.05, 0.1) is 6.54 Å². The number of likely N-dealkylation sites (N-methyl/N-ethyl adjacent to an activating group) is 1. The van der Waals surface area contributed by atoms with Crippen molar-refractivity contribution in [2.45, 2.75) is 17.7 Å². The van der Waals surface area contributed by atoms with Gasteiger partial charge in [-0.15, -0.1) is 0 Å². The molecule has 0 amide bonds. The molecule has 12 heteroatoms. The highest BCUT2D eigenvalue weighted by molar-refractivity contribution is 7.89. The normalized spacial score (nSPS) is 17.4. The summed E-state index contributed by atoms with van der Waals surface area (Å²) < 4.78 is 97.9. The number of aliphatic carboxylic acids is 1. The highest BCUT2D eigenvalue weighted by Crippen LogP contribution is 2.13. The molecule has 1 aromatic heterocycles. The molecule has 0 bridgehead atoms. The average Bonchev–Trinajstić information content (AvgIpc) is 2.83. The largest absolute Gasteiger partial charge is 0.490 e. The topological polar surface area (TPSA) is 119 Å². The molecule has 3 N–H and O–H groups in total. The van der Waals surface area contributed by atoms with Gasteiger partial charge in [-0.25, -0.2) is 18.4 Å². The Labute approximate surface area is 127 Å². The van der Waals surface area contributed by atoms with Crippen LogP contribution in [0.4, 0.5) is 13.2 Å². The van der Waals surface area contributed by atoms with Crippen LogP contribution in [0.2, 0.25) is 0 Å². The second-order valence-corrected chi connectivity index (χ2v) is 4.92. The minimum absolute atomic E-state index is 0.105. The molecule has 0 aliphatic carbocycles. The first kappa shape index (κ1) is 11.0. The number of nitrogens with two attached hydrogens (primary N) is 1. The van der Waals surface area contributed by atoms with Crippen molar-refractivity contribution in [2.75, 3.05) is 20.5 Å². The quantitative estimate of drug-likeness (QED) is 0.780. The molecule has 1 aromatic rings. The van der Waals surface area contributed by atoms with Gasteiger partial charge in [0.15, 0.2) is 5.03 Å². The summed E-state index contributed by atoms with van der Waals surface area (Å²) in [4.78, 5) is 9.26. The Morgan fingerprint density at radius 1 is 1.57 bits per heavy atom. The smallest absolute Gasteiger partial charge is 0.475 e. The van der Waals surface area contributed by atoms with Crippen LogP contribution in [0.3, 0.4) is 0 Å². The lowest BCUT2D eigenvalue weighted by Crippen LogP contribution is -2.21. The van der Waals surface area contributed by atoms with Gasteiger partial charge in [0.2, 0.25) is 0 Å². The van der Waals surface area contributed by atoms with Gasteiger partial charge in [-0.05, 0) is 20.0 Å². The molecule has 0 atom stereocenters. The van der Waals surface area contributed by atoms with Crippen molar-refractivity contribution in [2.24, 2.45) is 5.14 Å². The monoisotopic (exact) mass is 338 g/mol. The highest BCUT2D eigenvalue weighted by Gasteiger charge is 2.38. The molecule has 21 heavy (non-hydrogen) atoms. The zero-order valence-corrected chi connectivity index (χ0v) is 11.0. The summed E-state index contributed by atoms with van der Waals surface area (Å²) in [7, 11) is -3.95. The Balaban J connectivity index is 0.000000821. The van der Waals surface area contributed by atoms with Gasteiger partial charge in [0.1, 0.15) is 0 Å². The van der Waals surface area contributed by atoms with Crippen molar-refractivity contribution >= 4 is 16.0 Å². The SMILES string of the molecule is O=C(O)C(F)(F)F.[2H]C([2H])([2H])N(CCn1ccc(S(N)(=O)=O)n1)C([2H])([2H])[2H]. The standard InChI is InChI=1S/C7H14N4O2S.C2HF3O2/c1-10(2)5-6-11-4-3-7(9-11)14(8,12)13;3-2(4,5)1(6)7/h3-4H,5-6H2,1-2H3,(H2,8,12,13);(H,6,7)/i1D3,2D3;. The van der Waals surface area contributed by atoms with Gasteiger partial charge in [0, 0.05) is 21.0 Å². The fourth-order valence-corrected chi connectivity index (χ4v) is 1.29. The third-order valence-electron chi connectivity index (χ3n) is 1.70. The molecule has 0 aromatic carbocycles. The van der Waals surface area contributed by atoms with E-state index >= 15 is 0 Å². The van der Waals surface area contributed by atoms with Crippen LogP contribution in [0.5, 0.6) is 0 Å². The minimum Gasteiger partial charge on any atom is -0.475 e. The number of rotatable bonds is 4. The van der Waals surface area contributed by atoms with E-state index in [0.717, 1.165) is 10.7 Å². The molecule has 1 rings (SSSR count). The van der Waals surface area contributed by atoms with E-state index in [2.05, 4.69) is 5.10 Å². The predicted molar refractivity (Wildman–Crippen MR) is 65.8 cm³/mol. The van der Waals surface area contributed by atoms with Crippen molar-refractivity contribution in [3.8, 4) is 0 Å². The van der Waals surface area contributed by atoms with E-state index < -0.39 is 36.1 Å². The van der Waals surface area contributed by atoms with E-state index in [1.165, 1.54) is 6.20 Å². The van der Waals surface area contributed by atoms with Crippen LogP contribution in [-0.2, 0) is 21.4 Å². The van der Waals surface area contributed by atoms with Crippen LogP contribution in [0.25, 0.3) is 0 Å². The second-order valence-electron chi connectivity index (χ2n) is 3.42. The molecule has 0 saturated carbocycles. The number of hydrogen-bond acceptors (Lipinski definition) is 5. The van der Waals surface area contributed by atoms with Crippen molar-refractivity contribution < 1.29 is 39.7 Å². The van der Waals surface area contributed by atoms with E-state index in [-0.39, 0.29) is 18.1 Å². The molecule has 0 aliphatic heterocycles. The van der Waals surface area contributed by atoms with E-state index in [1.807, 2.05) is 0 Å². The number of aromatic nitrogens is 2. The number of nitrogens with zero attached hydrogens (tertiary/aromatic N) is 3. The Morgan fingerprint density at radius 3 is 2.43 bits per heavy atom. The summed E-state index contributed by atoms with van der Waals surface area (Å²) in [5.41, 5.74) is 0. The fraction of sp³-hybridized carbons (Fsp3) is 0.556. The average molecular weight is 338 g/mol. The lowest BCUT2D eigenvalue weighted by molar-refractivity contribution is -0.192. The molecular formula is C9H15F3N4O4S. The number of hydrogen-bond donors (Lipinski definition) is 2. The number of primary sulfonamides is 1. The van der Waals surface area contributed by atoms with Gasteiger partial charge in [0.25, 0.3) is 10.0 Å². The molecule has 0 aliphatic rings. The molecule has 0 spiro atoms. The van der Waals surface area contributed by atoms with Crippen LogP contribution < -0.4 is 5.14 Å². The molecular weight excluding hydrogens is 317 g/mol. The lowest BCUT2D eigenvalue weighted by Gasteiger charge is -2.08. The molecule has 8 nitrogen and oxygen atoms in total. The van der Waals surface area contributed by atoms with Gasteiger partial charge in [-0.3, -0.25) is 4.68 Å². The molecule has 1 heterocycles. The molecule has 0 saturated heterocycles. The van der Waals surface area contributed by atoms with Gasteiger partial charge < -0.3 is 10.0 Å². The zero-order valence-electron chi connectivity index (χ0n) is 16.2. The van der Waals surface area contributed by atoms with E-state index in [1.54, 1.807) is 0 Å². The summed E-state index contributed by atoms with van der Waals surface area (Å²) in [5.74, 6) is -2.76. The minimum atomic E-state index is -5.08. The number of halogens is 3. The third-order valence-corrected chi connectivity index (χ3v) is 2.50. The Kier molecular flexibility index (Phi) is 3.86. The molecule has 0 fully saturated rings. The van der Waals surface area contributed by atoms with E-state index in [4.69, 9.17) is 23.3 Å². The molecule has 0 unspecified atom stereocenters. The van der Waals surface area contributed by atoms with Crippen LogP contribution in [0, 0.1) is 0 Å². The third kappa shape index (κ3) is 8.27. The summed E-state index contributed by atoms with van der Waals surface area (Å²) in [6, 6.07) is 1.14. The van der Waals surface area contributed by atoms with Crippen molar-refractivity contribution in [3.63, 3.8) is 0 Å². The van der Waals surface area contributed by atoms with Crippen molar-refractivity contribution in [1.82, 2.24) is 14.7 Å². The van der Waals surface area contributed by atoms with Crippen molar-refractivity contribution in [1.29, 1.82) is 0 Å². The number of carboxylic acid groups (broad SMARTS) is 1. The molecule has 122 valence electrons. The fourth-order valence-electron chi connectivity index (χ4n) is 0.822. The zero-order chi connectivity index (χ0) is 21.8. The van der Waals surface area contributed by atoms with Gasteiger partial charge in [-0.1, -0.05) is 0 Å². The maximum absolute atomic E-state index is 11.0. The van der Waals surface area contributed by atoms with Crippen LogP contribution in [-0.4, -0.2) is 60.8 Å². The Bertz CT molecular complexity index is 732. The highest BCUT2D eigenvalue weighted by atomic mass is 32.2. The second kappa shape index (κ2) is 7.38. The lowest BCUT2D eigenvalue weighted by atomic mass is 10.6. The first-order chi connectivity index (χ1) is 11.8. The number of carbonyl (C=O) groups is 1. The summed E-state index contributed by atoms with van der Waals surface area (Å²) in [6.45, 7) is -6.03. The van der Waals surface area contributed by atoms with Crippen LogP contribution in [0.1, 0.15) is 8.22 Å². The Hall–Kier alpha value is -1.66. The van der Waals surface area contributed by atoms with Crippen LogP contribution in [0.15, 0.2) is 17.3 Å². The van der Waals surface area contributed by atoms with E-state index in [0.29, 0.717) is 4.90 Å². The number of carboxylic acids is 1. The van der Waals surface area contributed by atoms with Gasteiger partial charge in [-0.2, -0.15) is 18.3 Å². The van der Waals surface area contributed by atoms with Gasteiger partial charge >= 0.3 is 12.1 Å². The maximum Gasteiger partial charge on any atom is 0.490 e. The summed E-state index contributed by atoms with van der Waals surface area (Å²) in [6.07, 6.45) is -3.81. The summed E-state index contributed by atoms with van der Waals surface area (Å²) >= 11 is 0. The predicted octanol–water partition coefficient (Wildman–Crippen LogP) is -0.275. The maximum atomic E-state index is 11.0. The first-order valence-electron chi connectivity index (χ1n) is 7.90. The first-order valence-corrected chi connectivity index (χ1v) is 6.45.